The monoisotopic (exact) mass is 464 g/mol. The molecule has 4 aliphatic carbocycles. The van der Waals surface area contributed by atoms with Gasteiger partial charge in [0, 0.05) is 24.2 Å². The first kappa shape index (κ1) is 23.3. The van der Waals surface area contributed by atoms with E-state index in [0.29, 0.717) is 23.7 Å². The minimum atomic E-state index is -0.359. The van der Waals surface area contributed by atoms with E-state index in [2.05, 4.69) is 52.0 Å². The number of benzene rings is 1. The number of ether oxygens (including phenoxy) is 2. The highest BCUT2D eigenvalue weighted by Gasteiger charge is 2.57. The van der Waals surface area contributed by atoms with Gasteiger partial charge in [-0.1, -0.05) is 63.1 Å². The summed E-state index contributed by atoms with van der Waals surface area (Å²) in [7, 11) is 0. The molecule has 6 atom stereocenters. The van der Waals surface area contributed by atoms with E-state index in [1.807, 2.05) is 0 Å². The van der Waals surface area contributed by atoms with Crippen molar-refractivity contribution in [3.63, 3.8) is 0 Å². The molecule has 5 aliphatic rings. The number of hydrogen-bond donors (Lipinski definition) is 1. The van der Waals surface area contributed by atoms with Gasteiger partial charge in [-0.05, 0) is 79.2 Å². The summed E-state index contributed by atoms with van der Waals surface area (Å²) in [5.74, 6) is 1.95. The molecule has 6 rings (SSSR count). The summed E-state index contributed by atoms with van der Waals surface area (Å²) in [5.41, 5.74) is 6.56. The van der Waals surface area contributed by atoms with Crippen molar-refractivity contribution in [1.29, 1.82) is 0 Å². The van der Waals surface area contributed by atoms with Crippen LogP contribution in [-0.4, -0.2) is 30.2 Å². The molecular weight excluding hydrogens is 420 g/mol. The van der Waals surface area contributed by atoms with Crippen molar-refractivity contribution in [2.45, 2.75) is 103 Å². The van der Waals surface area contributed by atoms with Crippen LogP contribution in [-0.2, 0) is 15.9 Å². The zero-order valence-corrected chi connectivity index (χ0v) is 21.7. The maximum atomic E-state index is 11.1. The number of aryl methyl sites for hydroxylation is 1. The third-order valence-electron chi connectivity index (χ3n) is 10.5. The van der Waals surface area contributed by atoms with E-state index in [1.165, 1.54) is 30.4 Å². The first-order chi connectivity index (χ1) is 16.2. The van der Waals surface area contributed by atoms with Crippen LogP contribution in [0.2, 0.25) is 0 Å². The number of hydrogen-bond acceptors (Lipinski definition) is 3. The van der Waals surface area contributed by atoms with E-state index in [-0.39, 0.29) is 22.7 Å². The summed E-state index contributed by atoms with van der Waals surface area (Å²) < 4.78 is 12.9. The molecule has 1 aromatic carbocycles. The van der Waals surface area contributed by atoms with Crippen molar-refractivity contribution in [3.8, 4) is 0 Å². The van der Waals surface area contributed by atoms with Gasteiger partial charge in [0.25, 0.3) is 0 Å². The van der Waals surface area contributed by atoms with Crippen LogP contribution in [0.1, 0.15) is 96.1 Å². The summed E-state index contributed by atoms with van der Waals surface area (Å²) >= 11 is 0. The zero-order chi connectivity index (χ0) is 23.7. The van der Waals surface area contributed by atoms with E-state index in [4.69, 9.17) is 9.47 Å². The Bertz CT molecular complexity index is 949. The van der Waals surface area contributed by atoms with Crippen LogP contribution in [0.15, 0.2) is 35.4 Å². The first-order valence-corrected chi connectivity index (χ1v) is 14.0. The smallest absolute Gasteiger partial charge is 0.169 e. The second-order valence-corrected chi connectivity index (χ2v) is 13.3. The molecule has 4 fully saturated rings. The maximum absolute atomic E-state index is 11.1. The summed E-state index contributed by atoms with van der Waals surface area (Å²) in [6.45, 7) is 10.7. The molecular formula is C31H44O3. The first-order valence-electron chi connectivity index (χ1n) is 14.0. The highest BCUT2D eigenvalue weighted by Crippen LogP contribution is 2.64. The molecule has 0 amide bonds. The van der Waals surface area contributed by atoms with Crippen molar-refractivity contribution in [1.82, 2.24) is 0 Å². The third kappa shape index (κ3) is 3.64. The van der Waals surface area contributed by atoms with E-state index >= 15 is 0 Å². The maximum Gasteiger partial charge on any atom is 0.169 e. The Kier molecular flexibility index (Phi) is 5.59. The van der Waals surface area contributed by atoms with Crippen LogP contribution in [0, 0.1) is 28.6 Å². The van der Waals surface area contributed by atoms with Gasteiger partial charge in [-0.3, -0.25) is 0 Å². The van der Waals surface area contributed by atoms with Gasteiger partial charge < -0.3 is 14.6 Å². The fourth-order valence-electron chi connectivity index (χ4n) is 8.49. The molecule has 3 saturated carbocycles. The Morgan fingerprint density at radius 2 is 1.68 bits per heavy atom. The second-order valence-electron chi connectivity index (χ2n) is 13.3. The van der Waals surface area contributed by atoms with E-state index < -0.39 is 0 Å². The highest BCUT2D eigenvalue weighted by molar-refractivity contribution is 5.41. The molecule has 1 heterocycles. The molecule has 1 saturated heterocycles. The predicted octanol–water partition coefficient (Wildman–Crippen LogP) is 6.79. The molecule has 0 bridgehead atoms. The molecule has 1 aliphatic heterocycles. The van der Waals surface area contributed by atoms with Crippen LogP contribution >= 0.6 is 0 Å². The van der Waals surface area contributed by atoms with Crippen LogP contribution in [0.3, 0.4) is 0 Å². The molecule has 34 heavy (non-hydrogen) atoms. The molecule has 3 nitrogen and oxygen atoms in total. The fraction of sp³-hybridized carbons (Fsp3) is 0.742. The van der Waals surface area contributed by atoms with Crippen LogP contribution in [0.4, 0.5) is 0 Å². The van der Waals surface area contributed by atoms with Gasteiger partial charge in [-0.25, -0.2) is 0 Å². The average Bonchev–Trinajstić information content (AvgIpc) is 3.14. The van der Waals surface area contributed by atoms with Gasteiger partial charge in [0.2, 0.25) is 0 Å². The van der Waals surface area contributed by atoms with E-state index in [0.717, 1.165) is 51.7 Å². The van der Waals surface area contributed by atoms with Crippen molar-refractivity contribution in [3.05, 3.63) is 46.5 Å². The molecule has 1 aromatic rings. The van der Waals surface area contributed by atoms with Gasteiger partial charge in [0.1, 0.15) is 0 Å². The van der Waals surface area contributed by atoms with Gasteiger partial charge >= 0.3 is 0 Å². The van der Waals surface area contributed by atoms with Gasteiger partial charge in [-0.2, -0.15) is 0 Å². The van der Waals surface area contributed by atoms with E-state index in [9.17, 15) is 5.11 Å². The minimum Gasteiger partial charge on any atom is -0.393 e. The SMILES string of the molecule is CCc1ccc(C2CC3(C)C(O)CCC3C3CCC4CC5(CCC4=C23)OCC(C)(C)CO5)cc1. The fourth-order valence-corrected chi connectivity index (χ4v) is 8.49. The molecule has 0 radical (unpaired) electrons. The van der Waals surface area contributed by atoms with Gasteiger partial charge in [0.05, 0.1) is 19.3 Å². The highest BCUT2D eigenvalue weighted by atomic mass is 16.7. The van der Waals surface area contributed by atoms with Gasteiger partial charge in [0.15, 0.2) is 5.79 Å². The van der Waals surface area contributed by atoms with E-state index in [1.54, 1.807) is 11.1 Å². The lowest BCUT2D eigenvalue weighted by Crippen LogP contribution is -2.52. The third-order valence-corrected chi connectivity index (χ3v) is 10.5. The zero-order valence-electron chi connectivity index (χ0n) is 21.7. The Balaban J connectivity index is 1.37. The molecule has 0 aromatic heterocycles. The number of fused-ring (bicyclic) bond motifs is 4. The molecule has 6 unspecified atom stereocenters. The standard InChI is InChI=1S/C31H44O3/c1-5-20-6-8-21(9-7-20)25-17-30(4)26(12-13-27(30)32)24-11-10-22-16-31(15-14-23(22)28(24)25)33-18-29(2,3)19-34-31/h6-9,22,24-27,32H,5,10-19H2,1-4H3. The van der Waals surface area contributed by atoms with Crippen molar-refractivity contribution >= 4 is 0 Å². The normalized spacial score (nSPS) is 40.6. The lowest BCUT2D eigenvalue weighted by Gasteiger charge is -2.55. The van der Waals surface area contributed by atoms with Crippen LogP contribution in [0.25, 0.3) is 0 Å². The molecule has 1 N–H and O–H groups in total. The summed E-state index contributed by atoms with van der Waals surface area (Å²) in [6, 6.07) is 9.44. The molecule has 1 spiro atoms. The summed E-state index contributed by atoms with van der Waals surface area (Å²) in [5, 5.41) is 11.1. The minimum absolute atomic E-state index is 0.0483. The summed E-state index contributed by atoms with van der Waals surface area (Å²) in [4.78, 5) is 0. The Morgan fingerprint density at radius 1 is 0.941 bits per heavy atom. The van der Waals surface area contributed by atoms with Gasteiger partial charge in [-0.15, -0.1) is 0 Å². The number of aliphatic hydroxyl groups is 1. The topological polar surface area (TPSA) is 38.7 Å². The lowest BCUT2D eigenvalue weighted by atomic mass is 9.52. The number of aliphatic hydroxyl groups excluding tert-OH is 1. The lowest BCUT2D eigenvalue weighted by molar-refractivity contribution is -0.312. The van der Waals surface area contributed by atoms with Crippen LogP contribution < -0.4 is 0 Å². The Morgan fingerprint density at radius 3 is 2.38 bits per heavy atom. The average molecular weight is 465 g/mol. The Labute approximate surface area is 206 Å². The predicted molar refractivity (Wildman–Crippen MR) is 136 cm³/mol. The molecule has 3 heteroatoms. The van der Waals surface area contributed by atoms with Crippen molar-refractivity contribution in [2.24, 2.45) is 28.6 Å². The van der Waals surface area contributed by atoms with Crippen LogP contribution in [0.5, 0.6) is 0 Å². The van der Waals surface area contributed by atoms with Crippen molar-refractivity contribution in [2.75, 3.05) is 13.2 Å². The number of rotatable bonds is 2. The Hall–Kier alpha value is -1.16. The second kappa shape index (κ2) is 8.18. The quantitative estimate of drug-likeness (QED) is 0.490. The largest absolute Gasteiger partial charge is 0.393 e. The number of allylic oxidation sites excluding steroid dienone is 2. The van der Waals surface area contributed by atoms with Crippen molar-refractivity contribution < 1.29 is 14.6 Å². The molecule has 186 valence electrons. The summed E-state index contributed by atoms with van der Waals surface area (Å²) in [6.07, 6.45) is 9.86.